The normalized spacial score (nSPS) is 20.8. The first-order valence-electron chi connectivity index (χ1n) is 5.90. The molecular weight excluding hydrogens is 204 g/mol. The van der Waals surface area contributed by atoms with Crippen LogP contribution in [0.1, 0.15) is 40.5 Å². The largest absolute Gasteiger partial charge is 0.462 e. The molecule has 0 radical (unpaired) electrons. The zero-order valence-corrected chi connectivity index (χ0v) is 10.7. The highest BCUT2D eigenvalue weighted by atomic mass is 16.6. The van der Waals surface area contributed by atoms with Crippen LogP contribution in [0.5, 0.6) is 0 Å². The highest BCUT2D eigenvalue weighted by molar-refractivity contribution is 5.76. The molecule has 1 aliphatic rings. The van der Waals surface area contributed by atoms with Crippen LogP contribution in [0, 0.1) is 5.41 Å². The predicted molar refractivity (Wildman–Crippen MR) is 63.1 cm³/mol. The summed E-state index contributed by atoms with van der Waals surface area (Å²) in [5.41, 5.74) is 0.872. The molecule has 0 amide bonds. The van der Waals surface area contributed by atoms with Gasteiger partial charge < -0.3 is 9.47 Å². The van der Waals surface area contributed by atoms with Gasteiger partial charge in [0.25, 0.3) is 0 Å². The minimum absolute atomic E-state index is 0.136. The highest BCUT2D eigenvalue weighted by Crippen LogP contribution is 2.24. The summed E-state index contributed by atoms with van der Waals surface area (Å²) in [6, 6.07) is 0. The molecule has 1 saturated heterocycles. The van der Waals surface area contributed by atoms with Crippen molar-refractivity contribution in [1.29, 1.82) is 0 Å². The van der Waals surface area contributed by atoms with Gasteiger partial charge in [0.05, 0.1) is 12.0 Å². The first kappa shape index (κ1) is 13.2. The average molecular weight is 226 g/mol. The molecule has 3 heteroatoms. The lowest BCUT2D eigenvalue weighted by Gasteiger charge is -2.20. The molecule has 1 atom stereocenters. The van der Waals surface area contributed by atoms with Gasteiger partial charge in [0, 0.05) is 0 Å². The fourth-order valence-electron chi connectivity index (χ4n) is 1.19. The Morgan fingerprint density at radius 2 is 2.19 bits per heavy atom. The summed E-state index contributed by atoms with van der Waals surface area (Å²) in [5.74, 6) is -0.136. The Bertz CT molecular complexity index is 275. The van der Waals surface area contributed by atoms with Gasteiger partial charge in [-0.15, -0.1) is 0 Å². The molecule has 0 aromatic heterocycles. The first-order valence-corrected chi connectivity index (χ1v) is 5.90. The molecular formula is C13H22O3. The van der Waals surface area contributed by atoms with Crippen LogP contribution in [0.2, 0.25) is 0 Å². The summed E-state index contributed by atoms with van der Waals surface area (Å²) in [6.45, 7) is 9.16. The van der Waals surface area contributed by atoms with Crippen molar-refractivity contribution in [2.45, 2.75) is 46.6 Å². The predicted octanol–water partition coefficient (Wildman–Crippen LogP) is 2.70. The number of hydrogen-bond acceptors (Lipinski definition) is 3. The lowest BCUT2D eigenvalue weighted by atomic mass is 9.88. The van der Waals surface area contributed by atoms with Gasteiger partial charge in [-0.3, -0.25) is 4.79 Å². The molecule has 1 unspecified atom stereocenters. The summed E-state index contributed by atoms with van der Waals surface area (Å²) >= 11 is 0. The maximum atomic E-state index is 11.8. The maximum Gasteiger partial charge on any atom is 0.311 e. The van der Waals surface area contributed by atoms with Gasteiger partial charge in [-0.05, 0) is 33.6 Å². The van der Waals surface area contributed by atoms with Crippen LogP contribution in [0.25, 0.3) is 0 Å². The highest BCUT2D eigenvalue weighted by Gasteiger charge is 2.31. The monoisotopic (exact) mass is 226 g/mol. The van der Waals surface area contributed by atoms with E-state index in [9.17, 15) is 4.79 Å². The number of carbonyl (C=O) groups is 1. The number of epoxide rings is 1. The van der Waals surface area contributed by atoms with Gasteiger partial charge in [-0.2, -0.15) is 0 Å². The third kappa shape index (κ3) is 4.35. The van der Waals surface area contributed by atoms with Crippen LogP contribution in [0.3, 0.4) is 0 Å². The van der Waals surface area contributed by atoms with E-state index in [1.54, 1.807) is 0 Å². The Kier molecular flexibility index (Phi) is 4.54. The van der Waals surface area contributed by atoms with Crippen molar-refractivity contribution in [2.24, 2.45) is 5.41 Å². The van der Waals surface area contributed by atoms with E-state index in [2.05, 4.69) is 19.9 Å². The minimum atomic E-state index is -0.439. The Labute approximate surface area is 97.8 Å². The fourth-order valence-corrected chi connectivity index (χ4v) is 1.19. The molecule has 1 rings (SSSR count). The van der Waals surface area contributed by atoms with Crippen LogP contribution in [0.4, 0.5) is 0 Å². The molecule has 16 heavy (non-hydrogen) atoms. The molecule has 1 fully saturated rings. The van der Waals surface area contributed by atoms with Gasteiger partial charge in [0.2, 0.25) is 0 Å². The van der Waals surface area contributed by atoms with E-state index in [-0.39, 0.29) is 12.1 Å². The minimum Gasteiger partial charge on any atom is -0.462 e. The van der Waals surface area contributed by atoms with E-state index in [0.717, 1.165) is 19.4 Å². The second-order valence-electron chi connectivity index (χ2n) is 5.05. The maximum absolute atomic E-state index is 11.8. The van der Waals surface area contributed by atoms with Crippen molar-refractivity contribution in [3.8, 4) is 0 Å². The molecule has 0 aromatic rings. The lowest BCUT2D eigenvalue weighted by molar-refractivity contribution is -0.154. The van der Waals surface area contributed by atoms with Crippen LogP contribution >= 0.6 is 0 Å². The van der Waals surface area contributed by atoms with E-state index in [0.29, 0.717) is 6.61 Å². The number of ether oxygens (including phenoxy) is 2. The van der Waals surface area contributed by atoms with Crippen molar-refractivity contribution in [2.75, 3.05) is 13.2 Å². The topological polar surface area (TPSA) is 38.8 Å². The first-order chi connectivity index (χ1) is 7.45. The third-order valence-electron chi connectivity index (χ3n) is 2.87. The summed E-state index contributed by atoms with van der Waals surface area (Å²) in [5, 5.41) is 0. The summed E-state index contributed by atoms with van der Waals surface area (Å²) in [4.78, 5) is 11.8. The molecule has 3 nitrogen and oxygen atoms in total. The van der Waals surface area contributed by atoms with Crippen molar-refractivity contribution >= 4 is 5.97 Å². The lowest BCUT2D eigenvalue weighted by Crippen LogP contribution is -2.27. The molecule has 0 aliphatic carbocycles. The van der Waals surface area contributed by atoms with Crippen LogP contribution in [0.15, 0.2) is 11.6 Å². The zero-order chi connectivity index (χ0) is 12.2. The number of allylic oxidation sites excluding steroid dienone is 2. The Hall–Kier alpha value is -0.830. The summed E-state index contributed by atoms with van der Waals surface area (Å²) < 4.78 is 10.2. The quantitative estimate of drug-likeness (QED) is 0.397. The standard InChI is InChI=1S/C13H22O3/c1-5-10(2)6-7-13(3,4)12(14)16-9-11-8-15-11/h6,11H,5,7-9H2,1-4H3/b10-6+. The molecule has 0 bridgehead atoms. The van der Waals surface area contributed by atoms with E-state index in [1.807, 2.05) is 13.8 Å². The van der Waals surface area contributed by atoms with E-state index in [4.69, 9.17) is 9.47 Å². The molecule has 0 aromatic carbocycles. The van der Waals surface area contributed by atoms with Crippen molar-refractivity contribution < 1.29 is 14.3 Å². The molecule has 1 aliphatic heterocycles. The van der Waals surface area contributed by atoms with Crippen molar-refractivity contribution in [3.63, 3.8) is 0 Å². The average Bonchev–Trinajstić information content (AvgIpc) is 3.06. The second-order valence-corrected chi connectivity index (χ2v) is 5.05. The second kappa shape index (κ2) is 5.48. The third-order valence-corrected chi connectivity index (χ3v) is 2.87. The van der Waals surface area contributed by atoms with E-state index < -0.39 is 5.41 Å². The molecule has 92 valence electrons. The number of rotatable bonds is 6. The van der Waals surface area contributed by atoms with Crippen LogP contribution < -0.4 is 0 Å². The van der Waals surface area contributed by atoms with Gasteiger partial charge in [-0.1, -0.05) is 18.6 Å². The van der Waals surface area contributed by atoms with Gasteiger partial charge in [0.1, 0.15) is 12.7 Å². The Morgan fingerprint density at radius 1 is 1.56 bits per heavy atom. The number of esters is 1. The Morgan fingerprint density at radius 3 is 2.69 bits per heavy atom. The fraction of sp³-hybridized carbons (Fsp3) is 0.769. The van der Waals surface area contributed by atoms with E-state index in [1.165, 1.54) is 5.57 Å². The smallest absolute Gasteiger partial charge is 0.311 e. The van der Waals surface area contributed by atoms with Crippen LogP contribution in [-0.4, -0.2) is 25.3 Å². The zero-order valence-electron chi connectivity index (χ0n) is 10.7. The van der Waals surface area contributed by atoms with Gasteiger partial charge >= 0.3 is 5.97 Å². The van der Waals surface area contributed by atoms with Crippen LogP contribution in [-0.2, 0) is 14.3 Å². The SMILES string of the molecule is CC/C(C)=C/CC(C)(C)C(=O)OCC1CO1. The van der Waals surface area contributed by atoms with Crippen molar-refractivity contribution in [3.05, 3.63) is 11.6 Å². The number of carbonyl (C=O) groups excluding carboxylic acids is 1. The molecule has 1 heterocycles. The molecule has 0 saturated carbocycles. The molecule has 0 N–H and O–H groups in total. The summed E-state index contributed by atoms with van der Waals surface area (Å²) in [6.07, 6.45) is 4.03. The van der Waals surface area contributed by atoms with E-state index >= 15 is 0 Å². The van der Waals surface area contributed by atoms with Crippen molar-refractivity contribution in [1.82, 2.24) is 0 Å². The van der Waals surface area contributed by atoms with Gasteiger partial charge in [0.15, 0.2) is 0 Å². The molecule has 0 spiro atoms. The Balaban J connectivity index is 2.37. The number of hydrogen-bond donors (Lipinski definition) is 0. The summed E-state index contributed by atoms with van der Waals surface area (Å²) in [7, 11) is 0. The van der Waals surface area contributed by atoms with Gasteiger partial charge in [-0.25, -0.2) is 0 Å².